The minimum absolute atomic E-state index is 0.393. The monoisotopic (exact) mass is 356 g/mol. The zero-order chi connectivity index (χ0) is 15.2. The van der Waals surface area contributed by atoms with Gasteiger partial charge in [0.2, 0.25) is 0 Å². The molecule has 2 rings (SSSR count). The van der Waals surface area contributed by atoms with E-state index in [2.05, 4.69) is 57.1 Å². The fourth-order valence-corrected chi connectivity index (χ4v) is 3.88. The van der Waals surface area contributed by atoms with Crippen molar-refractivity contribution in [1.29, 1.82) is 0 Å². The highest BCUT2D eigenvalue weighted by Crippen LogP contribution is 2.33. The zero-order valence-corrected chi connectivity index (χ0v) is 15.2. The van der Waals surface area contributed by atoms with Crippen molar-refractivity contribution in [3.05, 3.63) is 16.4 Å². The Hall–Kier alpha value is -0.390. The molecule has 0 radical (unpaired) electrons. The van der Waals surface area contributed by atoms with Crippen molar-refractivity contribution in [1.82, 2.24) is 20.0 Å². The molecule has 0 amide bonds. The zero-order valence-electron chi connectivity index (χ0n) is 13.6. The van der Waals surface area contributed by atoms with Crippen molar-refractivity contribution < 1.29 is 0 Å². The first-order valence-electron chi connectivity index (χ1n) is 8.15. The number of hydrogen-bond donors (Lipinski definition) is 1. The Morgan fingerprint density at radius 3 is 2.76 bits per heavy atom. The molecule has 1 aromatic heterocycles. The summed E-state index contributed by atoms with van der Waals surface area (Å²) in [4.78, 5) is 2.20. The highest BCUT2D eigenvalue weighted by Gasteiger charge is 2.22. The van der Waals surface area contributed by atoms with E-state index < -0.39 is 0 Å². The maximum Gasteiger partial charge on any atom is 0.0696 e. The highest BCUT2D eigenvalue weighted by atomic mass is 79.9. The van der Waals surface area contributed by atoms with E-state index in [1.54, 1.807) is 0 Å². The molecule has 1 heterocycles. The summed E-state index contributed by atoms with van der Waals surface area (Å²) in [5.74, 6) is 0.942. The molecular weight excluding hydrogens is 328 g/mol. The second-order valence-corrected chi connectivity index (χ2v) is 7.33. The van der Waals surface area contributed by atoms with Gasteiger partial charge in [0.15, 0.2) is 0 Å². The van der Waals surface area contributed by atoms with Gasteiger partial charge < -0.3 is 10.2 Å². The molecule has 1 fully saturated rings. The van der Waals surface area contributed by atoms with Crippen LogP contribution in [0.1, 0.15) is 50.3 Å². The number of halogens is 1. The van der Waals surface area contributed by atoms with Gasteiger partial charge in [0.1, 0.15) is 0 Å². The van der Waals surface area contributed by atoms with Crippen molar-refractivity contribution in [2.45, 2.75) is 51.1 Å². The fraction of sp³-hybridized carbons (Fsp3) is 0.812. The molecule has 21 heavy (non-hydrogen) atoms. The third-order valence-electron chi connectivity index (χ3n) is 4.61. The molecule has 4 nitrogen and oxygen atoms in total. The lowest BCUT2D eigenvalue weighted by Crippen LogP contribution is -2.25. The first-order chi connectivity index (χ1) is 10.1. The Labute approximate surface area is 137 Å². The van der Waals surface area contributed by atoms with Crippen LogP contribution in [-0.2, 0) is 6.54 Å². The average molecular weight is 357 g/mol. The van der Waals surface area contributed by atoms with Crippen LogP contribution < -0.4 is 5.32 Å². The van der Waals surface area contributed by atoms with E-state index in [-0.39, 0.29) is 0 Å². The van der Waals surface area contributed by atoms with Crippen LogP contribution in [-0.4, -0.2) is 42.4 Å². The van der Waals surface area contributed by atoms with Gasteiger partial charge in [-0.1, -0.05) is 25.7 Å². The van der Waals surface area contributed by atoms with E-state index in [9.17, 15) is 0 Å². The van der Waals surface area contributed by atoms with E-state index in [0.717, 1.165) is 23.5 Å². The Balaban J connectivity index is 2.00. The summed E-state index contributed by atoms with van der Waals surface area (Å²) in [7, 11) is 6.27. The molecule has 1 saturated carbocycles. The van der Waals surface area contributed by atoms with Gasteiger partial charge in [0.25, 0.3) is 0 Å². The summed E-state index contributed by atoms with van der Waals surface area (Å²) in [5, 5.41) is 8.03. The summed E-state index contributed by atoms with van der Waals surface area (Å²) in [6, 6.07) is 0.393. The summed E-state index contributed by atoms with van der Waals surface area (Å²) in [6.07, 6.45) is 10.2. The quantitative estimate of drug-likeness (QED) is 0.774. The third-order valence-corrected chi connectivity index (χ3v) is 5.22. The Morgan fingerprint density at radius 2 is 2.14 bits per heavy atom. The molecule has 1 aliphatic rings. The van der Waals surface area contributed by atoms with Crippen LogP contribution >= 0.6 is 15.9 Å². The SMILES string of the molecule is CNC(CCC1CCCC1)c1c(Br)cnn1CCN(C)C. The highest BCUT2D eigenvalue weighted by molar-refractivity contribution is 9.10. The molecule has 0 bridgehead atoms. The van der Waals surface area contributed by atoms with Gasteiger partial charge in [-0.25, -0.2) is 0 Å². The maximum absolute atomic E-state index is 4.54. The standard InChI is InChI=1S/C16H29BrN4/c1-18-15(9-8-13-6-4-5-7-13)16-14(17)12-19-21(16)11-10-20(2)3/h12-13,15,18H,4-11H2,1-3H3. The van der Waals surface area contributed by atoms with E-state index in [0.29, 0.717) is 6.04 Å². The first-order valence-corrected chi connectivity index (χ1v) is 8.94. The summed E-state index contributed by atoms with van der Waals surface area (Å²) >= 11 is 3.68. The number of aromatic nitrogens is 2. The maximum atomic E-state index is 4.54. The third kappa shape index (κ3) is 4.80. The van der Waals surface area contributed by atoms with Gasteiger partial charge in [-0.3, -0.25) is 4.68 Å². The lowest BCUT2D eigenvalue weighted by molar-refractivity contribution is 0.356. The van der Waals surface area contributed by atoms with Crippen molar-refractivity contribution in [2.24, 2.45) is 5.92 Å². The van der Waals surface area contributed by atoms with E-state index in [1.165, 1.54) is 44.2 Å². The topological polar surface area (TPSA) is 33.1 Å². The fourth-order valence-electron chi connectivity index (χ4n) is 3.31. The van der Waals surface area contributed by atoms with Crippen LogP contribution in [0.4, 0.5) is 0 Å². The predicted molar refractivity (Wildman–Crippen MR) is 91.5 cm³/mol. The minimum Gasteiger partial charge on any atom is -0.312 e. The number of likely N-dealkylation sites (N-methyl/N-ethyl adjacent to an activating group) is 1. The number of nitrogens with one attached hydrogen (secondary N) is 1. The molecule has 5 heteroatoms. The van der Waals surface area contributed by atoms with E-state index in [1.807, 2.05) is 6.20 Å². The van der Waals surface area contributed by atoms with Crippen LogP contribution in [0.15, 0.2) is 10.7 Å². The summed E-state index contributed by atoms with van der Waals surface area (Å²) < 4.78 is 3.28. The molecule has 1 atom stereocenters. The van der Waals surface area contributed by atoms with Gasteiger partial charge >= 0.3 is 0 Å². The largest absolute Gasteiger partial charge is 0.312 e. The van der Waals surface area contributed by atoms with Crippen LogP contribution in [0.2, 0.25) is 0 Å². The second kappa shape index (κ2) is 8.30. The normalized spacial score (nSPS) is 17.8. The molecule has 120 valence electrons. The molecule has 1 aromatic rings. The number of rotatable bonds is 8. The summed E-state index contributed by atoms with van der Waals surface area (Å²) in [6.45, 7) is 1.95. The molecule has 0 aliphatic heterocycles. The first kappa shape index (κ1) is 17.0. The smallest absolute Gasteiger partial charge is 0.0696 e. The number of hydrogen-bond acceptors (Lipinski definition) is 3. The van der Waals surface area contributed by atoms with Crippen LogP contribution in [0.5, 0.6) is 0 Å². The van der Waals surface area contributed by atoms with Crippen LogP contribution in [0.3, 0.4) is 0 Å². The van der Waals surface area contributed by atoms with Gasteiger partial charge in [-0.05, 0) is 55.8 Å². The van der Waals surface area contributed by atoms with Gasteiger partial charge in [-0.15, -0.1) is 0 Å². The average Bonchev–Trinajstić information content (AvgIpc) is 3.08. The van der Waals surface area contributed by atoms with E-state index >= 15 is 0 Å². The van der Waals surface area contributed by atoms with Crippen LogP contribution in [0.25, 0.3) is 0 Å². The summed E-state index contributed by atoms with van der Waals surface area (Å²) in [5.41, 5.74) is 1.30. The minimum atomic E-state index is 0.393. The van der Waals surface area contributed by atoms with Crippen molar-refractivity contribution in [3.63, 3.8) is 0 Å². The van der Waals surface area contributed by atoms with E-state index in [4.69, 9.17) is 0 Å². The van der Waals surface area contributed by atoms with Gasteiger partial charge in [0, 0.05) is 6.54 Å². The van der Waals surface area contributed by atoms with Gasteiger partial charge in [0.05, 0.1) is 29.0 Å². The van der Waals surface area contributed by atoms with Crippen molar-refractivity contribution in [3.8, 4) is 0 Å². The lowest BCUT2D eigenvalue weighted by Gasteiger charge is -2.21. The lowest BCUT2D eigenvalue weighted by atomic mass is 9.97. The molecule has 0 saturated heterocycles. The van der Waals surface area contributed by atoms with Crippen LogP contribution in [0, 0.1) is 5.92 Å². The molecular formula is C16H29BrN4. The number of nitrogens with zero attached hydrogens (tertiary/aromatic N) is 3. The Morgan fingerprint density at radius 1 is 1.43 bits per heavy atom. The predicted octanol–water partition coefficient (Wildman–Crippen LogP) is 3.44. The molecule has 0 spiro atoms. The molecule has 1 unspecified atom stereocenters. The van der Waals surface area contributed by atoms with Gasteiger partial charge in [-0.2, -0.15) is 5.10 Å². The molecule has 1 N–H and O–H groups in total. The Kier molecular flexibility index (Phi) is 6.71. The van der Waals surface area contributed by atoms with Crippen molar-refractivity contribution >= 4 is 15.9 Å². The molecule has 0 aromatic carbocycles. The molecule has 1 aliphatic carbocycles. The Bertz CT molecular complexity index is 424. The second-order valence-electron chi connectivity index (χ2n) is 6.47. The van der Waals surface area contributed by atoms with Crippen molar-refractivity contribution in [2.75, 3.05) is 27.7 Å².